The number of ether oxygens (including phenoxy) is 1. The van der Waals surface area contributed by atoms with Gasteiger partial charge in [-0.05, 0) is 48.4 Å². The van der Waals surface area contributed by atoms with Crippen LogP contribution in [0.1, 0.15) is 15.9 Å². The van der Waals surface area contributed by atoms with Crippen LogP contribution in [0.2, 0.25) is 0 Å². The molecule has 2 aromatic carbocycles. The third-order valence-corrected chi connectivity index (χ3v) is 4.45. The zero-order valence-corrected chi connectivity index (χ0v) is 14.5. The molecule has 1 aromatic heterocycles. The minimum absolute atomic E-state index is 0.0992. The molecule has 0 radical (unpaired) electrons. The first kappa shape index (κ1) is 17.2. The number of hydrogen-bond acceptors (Lipinski definition) is 4. The summed E-state index contributed by atoms with van der Waals surface area (Å²) < 4.78 is 18.5. The normalized spacial score (nSPS) is 15.9. The molecule has 27 heavy (non-hydrogen) atoms. The molecule has 136 valence electrons. The monoisotopic (exact) mass is 363 g/mol. The van der Waals surface area contributed by atoms with Crippen LogP contribution in [0.4, 0.5) is 10.1 Å². The maximum atomic E-state index is 13.0. The van der Waals surface area contributed by atoms with Crippen molar-refractivity contribution in [2.75, 3.05) is 11.4 Å². The van der Waals surface area contributed by atoms with Gasteiger partial charge in [-0.2, -0.15) is 0 Å². The number of para-hydroxylation sites is 1. The molecule has 2 heterocycles. The molecule has 1 unspecified atom stereocenters. The van der Waals surface area contributed by atoms with Crippen molar-refractivity contribution in [3.8, 4) is 11.6 Å². The number of rotatable bonds is 3. The lowest BCUT2D eigenvalue weighted by molar-refractivity contribution is 0.0983. The van der Waals surface area contributed by atoms with Crippen LogP contribution in [0.25, 0.3) is 0 Å². The van der Waals surface area contributed by atoms with Gasteiger partial charge in [-0.3, -0.25) is 4.79 Å². The fourth-order valence-corrected chi connectivity index (χ4v) is 3.17. The summed E-state index contributed by atoms with van der Waals surface area (Å²) in [6.07, 6.45) is 2.23. The van der Waals surface area contributed by atoms with Crippen molar-refractivity contribution in [1.29, 1.82) is 0 Å². The van der Waals surface area contributed by atoms with E-state index >= 15 is 0 Å². The number of nitrogens with two attached hydrogens (primary N) is 1. The van der Waals surface area contributed by atoms with Gasteiger partial charge in [0.25, 0.3) is 5.91 Å². The summed E-state index contributed by atoms with van der Waals surface area (Å²) in [5.41, 5.74) is 8.52. The molecule has 1 aliphatic rings. The molecule has 0 fully saturated rings. The van der Waals surface area contributed by atoms with E-state index in [4.69, 9.17) is 10.5 Å². The van der Waals surface area contributed by atoms with Gasteiger partial charge in [0.1, 0.15) is 11.6 Å². The SMILES string of the molecule is NC1Cc2ccccc2N(C(=O)c2ccc(Oc3ccc(F)cc3)nc2)C1. The minimum atomic E-state index is -0.337. The van der Waals surface area contributed by atoms with Crippen LogP contribution in [-0.4, -0.2) is 23.5 Å². The second-order valence-corrected chi connectivity index (χ2v) is 6.45. The fourth-order valence-electron chi connectivity index (χ4n) is 3.17. The van der Waals surface area contributed by atoms with Crippen molar-refractivity contribution in [3.05, 3.63) is 83.8 Å². The first-order valence-electron chi connectivity index (χ1n) is 8.65. The lowest BCUT2D eigenvalue weighted by Crippen LogP contribution is -2.46. The number of benzene rings is 2. The number of carbonyl (C=O) groups is 1. The molecule has 0 aliphatic carbocycles. The molecule has 6 heteroatoms. The van der Waals surface area contributed by atoms with Crippen molar-refractivity contribution >= 4 is 11.6 Å². The number of amides is 1. The quantitative estimate of drug-likeness (QED) is 0.773. The molecule has 2 N–H and O–H groups in total. The Morgan fingerprint density at radius 2 is 1.89 bits per heavy atom. The van der Waals surface area contributed by atoms with Gasteiger partial charge in [0, 0.05) is 30.5 Å². The Balaban J connectivity index is 1.54. The highest BCUT2D eigenvalue weighted by molar-refractivity contribution is 6.06. The number of nitrogens with zero attached hydrogens (tertiary/aromatic N) is 2. The molecule has 0 bridgehead atoms. The van der Waals surface area contributed by atoms with E-state index in [9.17, 15) is 9.18 Å². The van der Waals surface area contributed by atoms with Crippen molar-refractivity contribution in [1.82, 2.24) is 4.98 Å². The van der Waals surface area contributed by atoms with Crippen LogP contribution in [0.15, 0.2) is 66.9 Å². The molecule has 5 nitrogen and oxygen atoms in total. The van der Waals surface area contributed by atoms with Gasteiger partial charge >= 0.3 is 0 Å². The Kier molecular flexibility index (Phi) is 4.56. The molecule has 1 amide bonds. The molecule has 0 spiro atoms. The van der Waals surface area contributed by atoms with E-state index in [1.807, 2.05) is 24.3 Å². The number of carbonyl (C=O) groups excluding carboxylic acids is 1. The van der Waals surface area contributed by atoms with E-state index in [0.29, 0.717) is 23.7 Å². The lowest BCUT2D eigenvalue weighted by Gasteiger charge is -2.33. The average Bonchev–Trinajstić information content (AvgIpc) is 2.69. The number of aromatic nitrogens is 1. The summed E-state index contributed by atoms with van der Waals surface area (Å²) in [6, 6.07) is 16.6. The van der Waals surface area contributed by atoms with Gasteiger partial charge in [-0.15, -0.1) is 0 Å². The third kappa shape index (κ3) is 3.66. The highest BCUT2D eigenvalue weighted by Crippen LogP contribution is 2.28. The molecule has 4 rings (SSSR count). The Bertz CT molecular complexity index is 958. The predicted octanol–water partition coefficient (Wildman–Crippen LogP) is 3.54. The molecule has 0 saturated heterocycles. The largest absolute Gasteiger partial charge is 0.439 e. The minimum Gasteiger partial charge on any atom is -0.439 e. The second-order valence-electron chi connectivity index (χ2n) is 6.45. The first-order valence-corrected chi connectivity index (χ1v) is 8.65. The highest BCUT2D eigenvalue weighted by Gasteiger charge is 2.27. The van der Waals surface area contributed by atoms with Crippen molar-refractivity contribution < 1.29 is 13.9 Å². The van der Waals surface area contributed by atoms with Gasteiger partial charge in [0.15, 0.2) is 0 Å². The van der Waals surface area contributed by atoms with Crippen LogP contribution in [-0.2, 0) is 6.42 Å². The third-order valence-electron chi connectivity index (χ3n) is 4.45. The van der Waals surface area contributed by atoms with Gasteiger partial charge in [-0.1, -0.05) is 18.2 Å². The van der Waals surface area contributed by atoms with E-state index in [1.165, 1.54) is 30.5 Å². The van der Waals surface area contributed by atoms with Crippen molar-refractivity contribution in [3.63, 3.8) is 0 Å². The van der Waals surface area contributed by atoms with Crippen LogP contribution in [0.5, 0.6) is 11.6 Å². The average molecular weight is 363 g/mol. The van der Waals surface area contributed by atoms with E-state index in [0.717, 1.165) is 17.7 Å². The smallest absolute Gasteiger partial charge is 0.259 e. The van der Waals surface area contributed by atoms with E-state index < -0.39 is 0 Å². The summed E-state index contributed by atoms with van der Waals surface area (Å²) >= 11 is 0. The highest BCUT2D eigenvalue weighted by atomic mass is 19.1. The standard InChI is InChI=1S/C21H18FN3O2/c22-16-6-8-18(9-7-16)27-20-10-5-15(12-24-20)21(26)25-13-17(23)11-14-3-1-2-4-19(14)25/h1-10,12,17H,11,13,23H2. The van der Waals surface area contributed by atoms with E-state index in [1.54, 1.807) is 17.0 Å². The number of hydrogen-bond donors (Lipinski definition) is 1. The van der Waals surface area contributed by atoms with Gasteiger partial charge in [0.2, 0.25) is 5.88 Å². The van der Waals surface area contributed by atoms with Crippen molar-refractivity contribution in [2.24, 2.45) is 5.73 Å². The van der Waals surface area contributed by atoms with E-state index in [2.05, 4.69) is 4.98 Å². The molecule has 1 aliphatic heterocycles. The Morgan fingerprint density at radius 1 is 1.11 bits per heavy atom. The zero-order valence-electron chi connectivity index (χ0n) is 14.5. The van der Waals surface area contributed by atoms with Gasteiger partial charge in [-0.25, -0.2) is 9.37 Å². The van der Waals surface area contributed by atoms with E-state index in [-0.39, 0.29) is 17.8 Å². The number of pyridine rings is 1. The van der Waals surface area contributed by atoms with Gasteiger partial charge < -0.3 is 15.4 Å². The number of halogens is 1. The number of fused-ring (bicyclic) bond motifs is 1. The van der Waals surface area contributed by atoms with Crippen molar-refractivity contribution in [2.45, 2.75) is 12.5 Å². The van der Waals surface area contributed by atoms with Crippen LogP contribution < -0.4 is 15.4 Å². The molecular formula is C21H18FN3O2. The lowest BCUT2D eigenvalue weighted by atomic mass is 9.98. The summed E-state index contributed by atoms with van der Waals surface area (Å²) in [4.78, 5) is 18.9. The van der Waals surface area contributed by atoms with Crippen LogP contribution in [0, 0.1) is 5.82 Å². The molecule has 0 saturated carbocycles. The summed E-state index contributed by atoms with van der Waals surface area (Å²) in [5.74, 6) is 0.308. The molecular weight excluding hydrogens is 345 g/mol. The predicted molar refractivity (Wildman–Crippen MR) is 101 cm³/mol. The van der Waals surface area contributed by atoms with Gasteiger partial charge in [0.05, 0.1) is 5.56 Å². The summed E-state index contributed by atoms with van der Waals surface area (Å²) in [6.45, 7) is 0.462. The fraction of sp³-hybridized carbons (Fsp3) is 0.143. The maximum absolute atomic E-state index is 13.0. The Morgan fingerprint density at radius 3 is 2.63 bits per heavy atom. The molecule has 3 aromatic rings. The summed E-state index contributed by atoms with van der Waals surface area (Å²) in [7, 11) is 0. The summed E-state index contributed by atoms with van der Waals surface area (Å²) in [5, 5.41) is 0. The van der Waals surface area contributed by atoms with Crippen LogP contribution >= 0.6 is 0 Å². The Hall–Kier alpha value is -3.25. The maximum Gasteiger partial charge on any atom is 0.259 e. The second kappa shape index (κ2) is 7.17. The number of anilines is 1. The van der Waals surface area contributed by atoms with Crippen LogP contribution in [0.3, 0.4) is 0 Å². The topological polar surface area (TPSA) is 68.5 Å². The molecule has 1 atom stereocenters. The zero-order chi connectivity index (χ0) is 18.8. The first-order chi connectivity index (χ1) is 13.1. The Labute approximate surface area is 156 Å².